The molecule has 0 spiro atoms. The van der Waals surface area contributed by atoms with Crippen molar-refractivity contribution in [2.75, 3.05) is 7.05 Å². The molecule has 0 radical (unpaired) electrons. The highest BCUT2D eigenvalue weighted by Gasteiger charge is 2.36. The maximum Gasteiger partial charge on any atom is 0.145 e. The molecule has 0 heterocycles. The lowest BCUT2D eigenvalue weighted by atomic mass is 9.78. The van der Waals surface area contributed by atoms with Crippen molar-refractivity contribution in [3.05, 3.63) is 34.6 Å². The molecule has 100 valence electrons. The Bertz CT molecular complexity index is 413. The van der Waals surface area contributed by atoms with Crippen LogP contribution in [0.2, 0.25) is 5.02 Å². The highest BCUT2D eigenvalue weighted by Crippen LogP contribution is 2.41. The molecule has 1 unspecified atom stereocenters. The van der Waals surface area contributed by atoms with Gasteiger partial charge in [-0.3, -0.25) is 0 Å². The molecule has 1 aromatic carbocycles. The summed E-state index contributed by atoms with van der Waals surface area (Å²) < 4.78 is 14.0. The van der Waals surface area contributed by atoms with Gasteiger partial charge in [-0.25, -0.2) is 4.39 Å². The summed E-state index contributed by atoms with van der Waals surface area (Å²) in [5, 5.41) is 3.59. The number of halogens is 2. The third kappa shape index (κ3) is 2.70. The van der Waals surface area contributed by atoms with E-state index in [2.05, 4.69) is 12.2 Å². The van der Waals surface area contributed by atoms with Crippen LogP contribution in [0.1, 0.15) is 38.2 Å². The van der Waals surface area contributed by atoms with E-state index in [1.165, 1.54) is 25.7 Å². The van der Waals surface area contributed by atoms with Gasteiger partial charge in [0, 0.05) is 6.04 Å². The summed E-state index contributed by atoms with van der Waals surface area (Å²) in [6.45, 7) is 2.31. The lowest BCUT2D eigenvalue weighted by molar-refractivity contribution is 0.228. The summed E-state index contributed by atoms with van der Waals surface area (Å²) in [6.07, 6.45) is 5.72. The van der Waals surface area contributed by atoms with Crippen molar-refractivity contribution in [3.63, 3.8) is 0 Å². The third-order valence-corrected chi connectivity index (χ3v) is 4.68. The molecule has 3 heteroatoms. The van der Waals surface area contributed by atoms with Gasteiger partial charge in [0.1, 0.15) is 5.82 Å². The largest absolute Gasteiger partial charge is 0.316 e. The average molecular weight is 270 g/mol. The van der Waals surface area contributed by atoms with Crippen LogP contribution in [0.15, 0.2) is 18.2 Å². The van der Waals surface area contributed by atoms with Crippen molar-refractivity contribution in [2.24, 2.45) is 5.41 Å². The lowest BCUT2D eigenvalue weighted by Crippen LogP contribution is -2.42. The zero-order valence-electron chi connectivity index (χ0n) is 11.1. The molecule has 0 amide bonds. The molecule has 0 bridgehead atoms. The summed E-state index contributed by atoms with van der Waals surface area (Å²) >= 11 is 5.84. The fourth-order valence-electron chi connectivity index (χ4n) is 3.15. The van der Waals surface area contributed by atoms with E-state index in [-0.39, 0.29) is 16.3 Å². The maximum absolute atomic E-state index is 14.0. The number of likely N-dealkylation sites (N-methyl/N-ethyl adjacent to an activating group) is 1. The fourth-order valence-corrected chi connectivity index (χ4v) is 3.35. The normalized spacial score (nSPS) is 20.0. The van der Waals surface area contributed by atoms with E-state index in [0.717, 1.165) is 5.56 Å². The van der Waals surface area contributed by atoms with Gasteiger partial charge in [0.2, 0.25) is 0 Å². The summed E-state index contributed by atoms with van der Waals surface area (Å²) in [5.74, 6) is -0.263. The summed E-state index contributed by atoms with van der Waals surface area (Å²) in [5.41, 5.74) is 0.999. The van der Waals surface area contributed by atoms with Crippen molar-refractivity contribution in [2.45, 2.75) is 45.1 Å². The van der Waals surface area contributed by atoms with Gasteiger partial charge >= 0.3 is 0 Å². The Balaban J connectivity index is 2.17. The highest BCUT2D eigenvalue weighted by molar-refractivity contribution is 6.30. The molecule has 0 saturated heterocycles. The Morgan fingerprint density at radius 3 is 2.67 bits per heavy atom. The number of benzene rings is 1. The zero-order chi connectivity index (χ0) is 13.2. The molecule has 1 fully saturated rings. The molecular formula is C15H21ClFN. The lowest BCUT2D eigenvalue weighted by Gasteiger charge is -2.34. The molecule has 1 aliphatic rings. The van der Waals surface area contributed by atoms with Crippen molar-refractivity contribution >= 4 is 11.6 Å². The predicted octanol–water partition coefficient (Wildman–Crippen LogP) is 4.19. The highest BCUT2D eigenvalue weighted by atomic mass is 35.5. The first-order valence-electron chi connectivity index (χ1n) is 6.67. The number of nitrogens with one attached hydrogen (secondary N) is 1. The number of hydrogen-bond donors (Lipinski definition) is 1. The average Bonchev–Trinajstić information content (AvgIpc) is 2.79. The van der Waals surface area contributed by atoms with Crippen LogP contribution in [0.25, 0.3) is 0 Å². The van der Waals surface area contributed by atoms with E-state index >= 15 is 0 Å². The third-order valence-electron chi connectivity index (χ3n) is 4.39. The molecular weight excluding hydrogens is 249 g/mol. The van der Waals surface area contributed by atoms with Crippen LogP contribution in [0.5, 0.6) is 0 Å². The Morgan fingerprint density at radius 2 is 2.06 bits per heavy atom. The first-order valence-corrected chi connectivity index (χ1v) is 7.05. The Morgan fingerprint density at radius 1 is 1.39 bits per heavy atom. The van der Waals surface area contributed by atoms with Gasteiger partial charge in [-0.1, -0.05) is 43.5 Å². The van der Waals surface area contributed by atoms with E-state index in [1.807, 2.05) is 19.2 Å². The quantitative estimate of drug-likeness (QED) is 0.864. The molecule has 0 aliphatic heterocycles. The molecule has 2 rings (SSSR count). The van der Waals surface area contributed by atoms with Crippen LogP contribution in [-0.4, -0.2) is 13.1 Å². The number of hydrogen-bond acceptors (Lipinski definition) is 1. The van der Waals surface area contributed by atoms with Crippen molar-refractivity contribution in [3.8, 4) is 0 Å². The molecule has 1 saturated carbocycles. The minimum atomic E-state index is -0.263. The first-order chi connectivity index (χ1) is 8.57. The van der Waals surface area contributed by atoms with Crippen LogP contribution in [0.3, 0.4) is 0 Å². The van der Waals surface area contributed by atoms with Gasteiger partial charge in [-0.15, -0.1) is 0 Å². The second-order valence-electron chi connectivity index (χ2n) is 5.62. The molecule has 1 nitrogen and oxygen atoms in total. The second kappa shape index (κ2) is 5.58. The maximum atomic E-state index is 14.0. The number of rotatable bonds is 4. The second-order valence-corrected chi connectivity index (χ2v) is 6.03. The van der Waals surface area contributed by atoms with Gasteiger partial charge in [-0.05, 0) is 43.4 Å². The molecule has 1 aliphatic carbocycles. The Labute approximate surface area is 114 Å². The van der Waals surface area contributed by atoms with Gasteiger partial charge in [0.05, 0.1) is 5.02 Å². The van der Waals surface area contributed by atoms with Crippen molar-refractivity contribution in [1.82, 2.24) is 5.32 Å². The van der Waals surface area contributed by atoms with E-state index < -0.39 is 0 Å². The minimum Gasteiger partial charge on any atom is -0.316 e. The van der Waals surface area contributed by atoms with Crippen LogP contribution >= 0.6 is 11.6 Å². The van der Waals surface area contributed by atoms with Crippen LogP contribution in [-0.2, 0) is 6.42 Å². The summed E-state index contributed by atoms with van der Waals surface area (Å²) in [4.78, 5) is 0. The SMILES string of the molecule is CNC(Cc1cccc(Cl)c1F)C1(C)CCCC1. The predicted molar refractivity (Wildman–Crippen MR) is 74.5 cm³/mol. The topological polar surface area (TPSA) is 12.0 Å². The standard InChI is InChI=1S/C15H21ClFN/c1-15(8-3-4-9-15)13(18-2)10-11-6-5-7-12(16)14(11)17/h5-7,13,18H,3-4,8-10H2,1-2H3. The summed E-state index contributed by atoms with van der Waals surface area (Å²) in [7, 11) is 1.97. The molecule has 1 aromatic rings. The Hall–Kier alpha value is -0.600. The zero-order valence-corrected chi connectivity index (χ0v) is 11.9. The van der Waals surface area contributed by atoms with E-state index in [1.54, 1.807) is 6.07 Å². The smallest absolute Gasteiger partial charge is 0.145 e. The molecule has 1 atom stereocenters. The van der Waals surface area contributed by atoms with Crippen molar-refractivity contribution < 1.29 is 4.39 Å². The minimum absolute atomic E-state index is 0.221. The first kappa shape index (κ1) is 13.8. The Kier molecular flexibility index (Phi) is 4.29. The fraction of sp³-hybridized carbons (Fsp3) is 0.600. The van der Waals surface area contributed by atoms with E-state index in [9.17, 15) is 4.39 Å². The molecule has 0 aromatic heterocycles. The van der Waals surface area contributed by atoms with Crippen LogP contribution in [0.4, 0.5) is 4.39 Å². The van der Waals surface area contributed by atoms with Gasteiger partial charge in [0.25, 0.3) is 0 Å². The van der Waals surface area contributed by atoms with E-state index in [4.69, 9.17) is 11.6 Å². The van der Waals surface area contributed by atoms with Gasteiger partial charge in [-0.2, -0.15) is 0 Å². The van der Waals surface area contributed by atoms with E-state index in [0.29, 0.717) is 12.5 Å². The molecule has 1 N–H and O–H groups in total. The van der Waals surface area contributed by atoms with Crippen molar-refractivity contribution in [1.29, 1.82) is 0 Å². The molecule has 18 heavy (non-hydrogen) atoms. The monoisotopic (exact) mass is 269 g/mol. The van der Waals surface area contributed by atoms with Crippen LogP contribution in [0, 0.1) is 11.2 Å². The van der Waals surface area contributed by atoms with Crippen LogP contribution < -0.4 is 5.32 Å². The van der Waals surface area contributed by atoms with Gasteiger partial charge < -0.3 is 5.32 Å². The van der Waals surface area contributed by atoms with Gasteiger partial charge in [0.15, 0.2) is 0 Å². The summed E-state index contributed by atoms with van der Waals surface area (Å²) in [6, 6.07) is 5.58.